The number of rotatable bonds is 3. The van der Waals surface area contributed by atoms with E-state index in [4.69, 9.17) is 17.3 Å². The molecule has 0 radical (unpaired) electrons. The summed E-state index contributed by atoms with van der Waals surface area (Å²) in [6, 6.07) is 5.74. The van der Waals surface area contributed by atoms with Crippen LogP contribution in [0, 0.1) is 12.8 Å². The lowest BCUT2D eigenvalue weighted by Crippen LogP contribution is -2.41. The third-order valence-electron chi connectivity index (χ3n) is 4.24. The number of benzene rings is 1. The topological polar surface area (TPSA) is 46.3 Å². The molecule has 1 aromatic carbocycles. The van der Waals surface area contributed by atoms with E-state index in [0.717, 1.165) is 24.8 Å². The molecule has 0 spiro atoms. The van der Waals surface area contributed by atoms with E-state index in [1.807, 2.05) is 37.1 Å². The molecule has 104 valence electrons. The molecule has 2 unspecified atom stereocenters. The average Bonchev–Trinajstić information content (AvgIpc) is 2.88. The van der Waals surface area contributed by atoms with Gasteiger partial charge in [-0.1, -0.05) is 24.1 Å². The van der Waals surface area contributed by atoms with Crippen LogP contribution >= 0.6 is 11.6 Å². The zero-order valence-corrected chi connectivity index (χ0v) is 12.3. The minimum Gasteiger partial charge on any atom is -0.338 e. The van der Waals surface area contributed by atoms with Crippen LogP contribution in [0.5, 0.6) is 0 Å². The number of nitrogens with zero attached hydrogens (tertiary/aromatic N) is 1. The molecule has 0 aromatic heterocycles. The van der Waals surface area contributed by atoms with Gasteiger partial charge in [-0.3, -0.25) is 4.79 Å². The fourth-order valence-electron chi connectivity index (χ4n) is 2.98. The van der Waals surface area contributed by atoms with Gasteiger partial charge in [-0.2, -0.15) is 0 Å². The Morgan fingerprint density at radius 3 is 2.89 bits per heavy atom. The first-order valence-electron chi connectivity index (χ1n) is 6.78. The molecule has 2 rings (SSSR count). The number of halogens is 1. The SMILES string of the molecule is Cc1c(Cl)cccc1C(=O)N(C)C1CCCC1CN. The smallest absolute Gasteiger partial charge is 0.254 e. The van der Waals surface area contributed by atoms with Gasteiger partial charge in [0.15, 0.2) is 0 Å². The molecule has 0 heterocycles. The van der Waals surface area contributed by atoms with Gasteiger partial charge in [-0.15, -0.1) is 0 Å². The van der Waals surface area contributed by atoms with E-state index >= 15 is 0 Å². The van der Waals surface area contributed by atoms with Gasteiger partial charge in [0.1, 0.15) is 0 Å². The van der Waals surface area contributed by atoms with Crippen LogP contribution < -0.4 is 5.73 Å². The van der Waals surface area contributed by atoms with Gasteiger partial charge < -0.3 is 10.6 Å². The van der Waals surface area contributed by atoms with E-state index in [0.29, 0.717) is 23.0 Å². The van der Waals surface area contributed by atoms with Gasteiger partial charge in [0.25, 0.3) is 5.91 Å². The Bertz CT molecular complexity index is 475. The first-order chi connectivity index (χ1) is 9.06. The highest BCUT2D eigenvalue weighted by atomic mass is 35.5. The van der Waals surface area contributed by atoms with Gasteiger partial charge in [-0.25, -0.2) is 0 Å². The van der Waals surface area contributed by atoms with Gasteiger partial charge >= 0.3 is 0 Å². The molecule has 1 saturated carbocycles. The molecule has 19 heavy (non-hydrogen) atoms. The number of carbonyl (C=O) groups excluding carboxylic acids is 1. The Morgan fingerprint density at radius 2 is 2.21 bits per heavy atom. The number of amides is 1. The first-order valence-corrected chi connectivity index (χ1v) is 7.16. The molecule has 0 aliphatic heterocycles. The molecule has 1 fully saturated rings. The third-order valence-corrected chi connectivity index (χ3v) is 4.65. The molecule has 0 bridgehead atoms. The predicted molar refractivity (Wildman–Crippen MR) is 78.5 cm³/mol. The molecular weight excluding hydrogens is 260 g/mol. The van der Waals surface area contributed by atoms with Crippen molar-refractivity contribution in [1.82, 2.24) is 4.90 Å². The summed E-state index contributed by atoms with van der Waals surface area (Å²) >= 11 is 6.09. The van der Waals surface area contributed by atoms with Crippen LogP contribution in [-0.4, -0.2) is 30.4 Å². The molecule has 2 atom stereocenters. The summed E-state index contributed by atoms with van der Waals surface area (Å²) < 4.78 is 0. The van der Waals surface area contributed by atoms with Crippen molar-refractivity contribution >= 4 is 17.5 Å². The van der Waals surface area contributed by atoms with E-state index in [2.05, 4.69) is 0 Å². The Labute approximate surface area is 119 Å². The third kappa shape index (κ3) is 2.77. The van der Waals surface area contributed by atoms with Gasteiger partial charge in [0.05, 0.1) is 0 Å². The average molecular weight is 281 g/mol. The molecule has 0 saturated heterocycles. The summed E-state index contributed by atoms with van der Waals surface area (Å²) in [5.74, 6) is 0.471. The van der Waals surface area contributed by atoms with E-state index < -0.39 is 0 Å². The lowest BCUT2D eigenvalue weighted by Gasteiger charge is -2.29. The van der Waals surface area contributed by atoms with Crippen molar-refractivity contribution < 1.29 is 4.79 Å². The largest absolute Gasteiger partial charge is 0.338 e. The lowest BCUT2D eigenvalue weighted by molar-refractivity contribution is 0.0699. The maximum Gasteiger partial charge on any atom is 0.254 e. The number of hydrogen-bond donors (Lipinski definition) is 1. The maximum absolute atomic E-state index is 12.6. The zero-order valence-electron chi connectivity index (χ0n) is 11.5. The van der Waals surface area contributed by atoms with Crippen molar-refractivity contribution in [3.63, 3.8) is 0 Å². The van der Waals surface area contributed by atoms with E-state index in [1.165, 1.54) is 0 Å². The highest BCUT2D eigenvalue weighted by Gasteiger charge is 2.32. The van der Waals surface area contributed by atoms with Crippen molar-refractivity contribution in [1.29, 1.82) is 0 Å². The maximum atomic E-state index is 12.6. The number of nitrogens with two attached hydrogens (primary N) is 1. The van der Waals surface area contributed by atoms with E-state index in [-0.39, 0.29) is 11.9 Å². The predicted octanol–water partition coefficient (Wildman–Crippen LogP) is 2.85. The van der Waals surface area contributed by atoms with Crippen molar-refractivity contribution in [2.45, 2.75) is 32.2 Å². The second-order valence-corrected chi connectivity index (χ2v) is 5.73. The van der Waals surface area contributed by atoms with E-state index in [1.54, 1.807) is 0 Å². The molecule has 2 N–H and O–H groups in total. The van der Waals surface area contributed by atoms with Gasteiger partial charge in [-0.05, 0) is 49.9 Å². The van der Waals surface area contributed by atoms with Gasteiger partial charge in [0.2, 0.25) is 0 Å². The molecule has 4 heteroatoms. The molecular formula is C15H21ClN2O. The van der Waals surface area contributed by atoms with Crippen molar-refractivity contribution in [3.05, 3.63) is 34.3 Å². The minimum atomic E-state index is 0.0466. The van der Waals surface area contributed by atoms with Crippen molar-refractivity contribution in [3.8, 4) is 0 Å². The van der Waals surface area contributed by atoms with Crippen LogP contribution in [-0.2, 0) is 0 Å². The Morgan fingerprint density at radius 1 is 1.47 bits per heavy atom. The van der Waals surface area contributed by atoms with Crippen LogP contribution in [0.4, 0.5) is 0 Å². The fourth-order valence-corrected chi connectivity index (χ4v) is 3.16. The fraction of sp³-hybridized carbons (Fsp3) is 0.533. The summed E-state index contributed by atoms with van der Waals surface area (Å²) in [5, 5.41) is 0.640. The van der Waals surface area contributed by atoms with Crippen LogP contribution in [0.3, 0.4) is 0 Å². The van der Waals surface area contributed by atoms with E-state index in [9.17, 15) is 4.79 Å². The van der Waals surface area contributed by atoms with Crippen LogP contribution in [0.2, 0.25) is 5.02 Å². The standard InChI is InChI=1S/C15H21ClN2O/c1-10-12(6-4-7-13(10)16)15(19)18(2)14-8-3-5-11(14)9-17/h4,6-7,11,14H,3,5,8-9,17H2,1-2H3. The highest BCUT2D eigenvalue weighted by molar-refractivity contribution is 6.31. The Kier molecular flexibility index (Phi) is 4.48. The zero-order chi connectivity index (χ0) is 14.0. The molecule has 1 aliphatic rings. The lowest BCUT2D eigenvalue weighted by atomic mass is 10.0. The Hall–Kier alpha value is -1.06. The van der Waals surface area contributed by atoms with Crippen molar-refractivity contribution in [2.75, 3.05) is 13.6 Å². The Balaban J connectivity index is 2.21. The molecule has 1 amide bonds. The summed E-state index contributed by atoms with van der Waals surface area (Å²) in [6.07, 6.45) is 3.32. The summed E-state index contributed by atoms with van der Waals surface area (Å²) in [5.41, 5.74) is 7.34. The van der Waals surface area contributed by atoms with Crippen LogP contribution in [0.25, 0.3) is 0 Å². The normalized spacial score (nSPS) is 22.5. The second kappa shape index (κ2) is 5.93. The highest BCUT2D eigenvalue weighted by Crippen LogP contribution is 2.30. The number of hydrogen-bond acceptors (Lipinski definition) is 2. The summed E-state index contributed by atoms with van der Waals surface area (Å²) in [7, 11) is 1.88. The molecule has 1 aliphatic carbocycles. The first kappa shape index (κ1) is 14.4. The minimum absolute atomic E-state index is 0.0466. The summed E-state index contributed by atoms with van der Waals surface area (Å²) in [4.78, 5) is 14.4. The number of carbonyl (C=O) groups is 1. The van der Waals surface area contributed by atoms with Gasteiger partial charge in [0, 0.05) is 23.7 Å². The molecule has 1 aromatic rings. The van der Waals surface area contributed by atoms with Crippen molar-refractivity contribution in [2.24, 2.45) is 11.7 Å². The van der Waals surface area contributed by atoms with Crippen LogP contribution in [0.1, 0.15) is 35.2 Å². The molecule has 3 nitrogen and oxygen atoms in total. The quantitative estimate of drug-likeness (QED) is 0.925. The van der Waals surface area contributed by atoms with Crippen LogP contribution in [0.15, 0.2) is 18.2 Å². The summed E-state index contributed by atoms with van der Waals surface area (Å²) in [6.45, 7) is 2.54. The second-order valence-electron chi connectivity index (χ2n) is 5.32. The monoisotopic (exact) mass is 280 g/mol.